The molecule has 0 amide bonds. The van der Waals surface area contributed by atoms with Gasteiger partial charge in [-0.2, -0.15) is 0 Å². The molecule has 0 aromatic heterocycles. The molecule has 2 fully saturated rings. The summed E-state index contributed by atoms with van der Waals surface area (Å²) in [6.45, 7) is 10.4. The SMILES string of the molecule is C[C@H]1CCCN(CCN2CCCCC2)C1. The lowest BCUT2D eigenvalue weighted by atomic mass is 10.0. The number of nitrogens with zero attached hydrogens (tertiary/aromatic N) is 2. The van der Waals surface area contributed by atoms with Crippen LogP contribution in [-0.2, 0) is 0 Å². The van der Waals surface area contributed by atoms with Gasteiger partial charge in [-0.05, 0) is 51.2 Å². The quantitative estimate of drug-likeness (QED) is 0.704. The summed E-state index contributed by atoms with van der Waals surface area (Å²) in [4.78, 5) is 5.32. The minimum absolute atomic E-state index is 0.931. The van der Waals surface area contributed by atoms with Gasteiger partial charge in [0.05, 0.1) is 0 Å². The molecule has 0 saturated carbocycles. The molecule has 0 bridgehead atoms. The molecule has 0 radical (unpaired) electrons. The molecule has 0 unspecified atom stereocenters. The number of piperidine rings is 2. The summed E-state index contributed by atoms with van der Waals surface area (Å²) in [6.07, 6.45) is 7.17. The number of rotatable bonds is 3. The van der Waals surface area contributed by atoms with E-state index in [1.54, 1.807) is 0 Å². The van der Waals surface area contributed by atoms with Crippen molar-refractivity contribution < 1.29 is 0 Å². The van der Waals surface area contributed by atoms with E-state index in [0.717, 1.165) is 5.92 Å². The van der Waals surface area contributed by atoms with Crippen molar-refractivity contribution >= 4 is 0 Å². The van der Waals surface area contributed by atoms with Gasteiger partial charge in [-0.25, -0.2) is 0 Å². The van der Waals surface area contributed by atoms with Gasteiger partial charge in [-0.1, -0.05) is 13.3 Å². The van der Waals surface area contributed by atoms with Gasteiger partial charge in [-0.3, -0.25) is 0 Å². The van der Waals surface area contributed by atoms with Crippen LogP contribution in [0.2, 0.25) is 0 Å². The topological polar surface area (TPSA) is 6.48 Å². The second-order valence-electron chi connectivity index (χ2n) is 5.45. The summed E-state index contributed by atoms with van der Waals surface area (Å²) in [6, 6.07) is 0. The molecule has 2 heterocycles. The highest BCUT2D eigenvalue weighted by Crippen LogP contribution is 2.15. The molecule has 0 N–H and O–H groups in total. The lowest BCUT2D eigenvalue weighted by molar-refractivity contribution is 0.144. The lowest BCUT2D eigenvalue weighted by Gasteiger charge is -2.34. The monoisotopic (exact) mass is 210 g/mol. The van der Waals surface area contributed by atoms with Crippen molar-refractivity contribution in [2.24, 2.45) is 5.92 Å². The van der Waals surface area contributed by atoms with Crippen LogP contribution in [0.3, 0.4) is 0 Å². The third-order valence-electron chi connectivity index (χ3n) is 3.92. The Morgan fingerprint density at radius 2 is 1.53 bits per heavy atom. The van der Waals surface area contributed by atoms with Crippen LogP contribution in [0.25, 0.3) is 0 Å². The van der Waals surface area contributed by atoms with Gasteiger partial charge < -0.3 is 9.80 Å². The van der Waals surface area contributed by atoms with Crippen molar-refractivity contribution in [2.45, 2.75) is 39.0 Å². The molecule has 2 saturated heterocycles. The number of hydrogen-bond acceptors (Lipinski definition) is 2. The van der Waals surface area contributed by atoms with Crippen molar-refractivity contribution in [1.82, 2.24) is 9.80 Å². The first kappa shape index (κ1) is 11.4. The minimum Gasteiger partial charge on any atom is -0.302 e. The maximum atomic E-state index is 2.67. The van der Waals surface area contributed by atoms with E-state index in [1.165, 1.54) is 71.4 Å². The van der Waals surface area contributed by atoms with E-state index in [2.05, 4.69) is 16.7 Å². The summed E-state index contributed by atoms with van der Waals surface area (Å²) in [5, 5.41) is 0. The highest BCUT2D eigenvalue weighted by molar-refractivity contribution is 4.72. The third-order valence-corrected chi connectivity index (χ3v) is 3.92. The van der Waals surface area contributed by atoms with Gasteiger partial charge in [0.25, 0.3) is 0 Å². The van der Waals surface area contributed by atoms with Gasteiger partial charge in [0.1, 0.15) is 0 Å². The Bertz CT molecular complexity index is 175. The zero-order valence-electron chi connectivity index (χ0n) is 10.2. The fraction of sp³-hybridized carbons (Fsp3) is 1.00. The van der Waals surface area contributed by atoms with Gasteiger partial charge in [0, 0.05) is 19.6 Å². The van der Waals surface area contributed by atoms with E-state index in [4.69, 9.17) is 0 Å². The van der Waals surface area contributed by atoms with E-state index in [9.17, 15) is 0 Å². The molecule has 2 rings (SSSR count). The van der Waals surface area contributed by atoms with E-state index in [-0.39, 0.29) is 0 Å². The predicted octanol–water partition coefficient (Wildman–Crippen LogP) is 2.20. The fourth-order valence-corrected chi connectivity index (χ4v) is 2.96. The largest absolute Gasteiger partial charge is 0.302 e. The van der Waals surface area contributed by atoms with Crippen molar-refractivity contribution in [3.8, 4) is 0 Å². The van der Waals surface area contributed by atoms with Crippen LogP contribution < -0.4 is 0 Å². The Labute approximate surface area is 94.6 Å². The maximum absolute atomic E-state index is 2.67. The zero-order valence-corrected chi connectivity index (χ0v) is 10.2. The van der Waals surface area contributed by atoms with Crippen LogP contribution in [-0.4, -0.2) is 49.1 Å². The normalized spacial score (nSPS) is 30.6. The second-order valence-corrected chi connectivity index (χ2v) is 5.45. The van der Waals surface area contributed by atoms with Gasteiger partial charge in [-0.15, -0.1) is 0 Å². The summed E-state index contributed by atoms with van der Waals surface area (Å²) in [7, 11) is 0. The average molecular weight is 210 g/mol. The number of likely N-dealkylation sites (tertiary alicyclic amines) is 2. The Morgan fingerprint density at radius 1 is 0.867 bits per heavy atom. The van der Waals surface area contributed by atoms with Crippen molar-refractivity contribution in [1.29, 1.82) is 0 Å². The molecule has 0 aromatic rings. The molecule has 2 aliphatic rings. The van der Waals surface area contributed by atoms with E-state index in [0.29, 0.717) is 0 Å². The molecule has 1 atom stereocenters. The first-order valence-corrected chi connectivity index (χ1v) is 6.79. The lowest BCUT2D eigenvalue weighted by Crippen LogP contribution is -2.41. The smallest absolute Gasteiger partial charge is 0.0109 e. The summed E-state index contributed by atoms with van der Waals surface area (Å²) >= 11 is 0. The molecule has 88 valence electrons. The van der Waals surface area contributed by atoms with E-state index in [1.807, 2.05) is 0 Å². The molecule has 0 aliphatic carbocycles. The first-order valence-electron chi connectivity index (χ1n) is 6.79. The van der Waals surface area contributed by atoms with Crippen LogP contribution in [0.5, 0.6) is 0 Å². The molecular weight excluding hydrogens is 184 g/mol. The molecule has 0 spiro atoms. The van der Waals surface area contributed by atoms with Crippen LogP contribution in [0.15, 0.2) is 0 Å². The third kappa shape index (κ3) is 3.76. The molecule has 2 nitrogen and oxygen atoms in total. The molecular formula is C13H26N2. The zero-order chi connectivity index (χ0) is 10.5. The Kier molecular flexibility index (Phi) is 4.45. The molecule has 15 heavy (non-hydrogen) atoms. The van der Waals surface area contributed by atoms with E-state index < -0.39 is 0 Å². The van der Waals surface area contributed by atoms with Crippen molar-refractivity contribution in [3.63, 3.8) is 0 Å². The fourth-order valence-electron chi connectivity index (χ4n) is 2.96. The van der Waals surface area contributed by atoms with Gasteiger partial charge in [0.15, 0.2) is 0 Å². The van der Waals surface area contributed by atoms with Crippen molar-refractivity contribution in [3.05, 3.63) is 0 Å². The summed E-state index contributed by atoms with van der Waals surface area (Å²) < 4.78 is 0. The Morgan fingerprint density at radius 3 is 2.27 bits per heavy atom. The second kappa shape index (κ2) is 5.86. The van der Waals surface area contributed by atoms with Gasteiger partial charge in [0.2, 0.25) is 0 Å². The number of hydrogen-bond donors (Lipinski definition) is 0. The molecule has 0 aromatic carbocycles. The highest BCUT2D eigenvalue weighted by Gasteiger charge is 2.17. The molecule has 2 aliphatic heterocycles. The van der Waals surface area contributed by atoms with Crippen LogP contribution in [0.4, 0.5) is 0 Å². The van der Waals surface area contributed by atoms with Crippen LogP contribution in [0.1, 0.15) is 39.0 Å². The predicted molar refractivity (Wildman–Crippen MR) is 65.1 cm³/mol. The van der Waals surface area contributed by atoms with E-state index >= 15 is 0 Å². The minimum atomic E-state index is 0.931. The summed E-state index contributed by atoms with van der Waals surface area (Å²) in [5.74, 6) is 0.931. The van der Waals surface area contributed by atoms with Gasteiger partial charge >= 0.3 is 0 Å². The Balaban J connectivity index is 1.63. The van der Waals surface area contributed by atoms with Crippen LogP contribution in [0, 0.1) is 5.92 Å². The first-order chi connectivity index (χ1) is 7.34. The molecule has 2 heteroatoms. The standard InChI is InChI=1S/C13H26N2/c1-13-6-5-9-15(12-13)11-10-14-7-3-2-4-8-14/h13H,2-12H2,1H3/t13-/m0/s1. The van der Waals surface area contributed by atoms with Crippen LogP contribution >= 0.6 is 0 Å². The highest BCUT2D eigenvalue weighted by atomic mass is 15.2. The Hall–Kier alpha value is -0.0800. The van der Waals surface area contributed by atoms with Crippen molar-refractivity contribution in [2.75, 3.05) is 39.3 Å². The maximum Gasteiger partial charge on any atom is 0.0109 e. The average Bonchev–Trinajstić information content (AvgIpc) is 2.28. The summed E-state index contributed by atoms with van der Waals surface area (Å²) in [5.41, 5.74) is 0.